The summed E-state index contributed by atoms with van der Waals surface area (Å²) in [5, 5.41) is 0. The second-order valence-corrected chi connectivity index (χ2v) is 1.15. The number of hydrogen-bond donors (Lipinski definition) is 0. The van der Waals surface area contributed by atoms with Gasteiger partial charge < -0.3 is 0 Å². The molecule has 1 heteroatoms. The number of benzene rings is 1. The van der Waals surface area contributed by atoms with Crippen molar-refractivity contribution < 1.29 is 19.5 Å². The quantitative estimate of drug-likeness (QED) is 0.485. The molecule has 0 heterocycles. The van der Waals surface area contributed by atoms with E-state index >= 15 is 0 Å². The van der Waals surface area contributed by atoms with Crippen molar-refractivity contribution in [2.75, 3.05) is 0 Å². The third-order valence-electron chi connectivity index (χ3n) is 0.667. The summed E-state index contributed by atoms with van der Waals surface area (Å²) in [4.78, 5) is 0. The molecule has 32 valence electrons. The molecule has 1 aromatic rings. The Kier molecular flexibility index (Phi) is 3.92. The van der Waals surface area contributed by atoms with E-state index in [4.69, 9.17) is 0 Å². The molecule has 0 aliphatic rings. The van der Waals surface area contributed by atoms with Crippen LogP contribution in [0.4, 0.5) is 0 Å². The average Bonchev–Trinajstić information content (AvgIpc) is 1.72. The Labute approximate surface area is 56.3 Å². The molecule has 0 aliphatic heterocycles. The largest absolute Gasteiger partial charge is 0.0623 e. The van der Waals surface area contributed by atoms with Gasteiger partial charge in [0.1, 0.15) is 0 Å². The van der Waals surface area contributed by atoms with Crippen molar-refractivity contribution >= 4 is 0 Å². The van der Waals surface area contributed by atoms with Crippen molar-refractivity contribution in [2.45, 2.75) is 0 Å². The number of hydrogen-bond acceptors (Lipinski definition) is 0. The third kappa shape index (κ3) is 2.53. The molecule has 0 saturated carbocycles. The zero-order chi connectivity index (χ0) is 4.24. The van der Waals surface area contributed by atoms with Gasteiger partial charge in [-0.25, -0.2) is 0 Å². The van der Waals surface area contributed by atoms with E-state index in [1.165, 1.54) is 0 Å². The van der Waals surface area contributed by atoms with Crippen molar-refractivity contribution in [3.05, 3.63) is 36.4 Å². The fraction of sp³-hybridized carbons (Fsp3) is 0. The molecule has 0 unspecified atom stereocenters. The molecule has 0 aromatic heterocycles. The smallest absolute Gasteiger partial charge is 0 e. The second-order valence-electron chi connectivity index (χ2n) is 1.15. The molecule has 0 nitrogen and oxygen atoms in total. The van der Waals surface area contributed by atoms with Gasteiger partial charge in [0.15, 0.2) is 0 Å². The van der Waals surface area contributed by atoms with Crippen LogP contribution in [0.1, 0.15) is 0 Å². The molecular weight excluding hydrogens is 137 g/mol. The molecule has 0 atom stereocenters. The third-order valence-corrected chi connectivity index (χ3v) is 0.667. The molecule has 1 aromatic carbocycles. The van der Waals surface area contributed by atoms with Crippen LogP contribution >= 0.6 is 0 Å². The molecular formula is C6H6Zn. The van der Waals surface area contributed by atoms with Gasteiger partial charge in [-0.2, -0.15) is 0 Å². The number of rotatable bonds is 0. The summed E-state index contributed by atoms with van der Waals surface area (Å²) < 4.78 is 0. The minimum atomic E-state index is 0. The van der Waals surface area contributed by atoms with Crippen molar-refractivity contribution in [3.8, 4) is 0 Å². The Morgan fingerprint density at radius 2 is 0.571 bits per heavy atom. The van der Waals surface area contributed by atoms with E-state index in [9.17, 15) is 0 Å². The van der Waals surface area contributed by atoms with Gasteiger partial charge in [0.2, 0.25) is 0 Å². The first-order chi connectivity index (χ1) is 3.00. The summed E-state index contributed by atoms with van der Waals surface area (Å²) in [5.41, 5.74) is 0. The Bertz CT molecular complexity index is 76.1. The van der Waals surface area contributed by atoms with Crippen LogP contribution in [0, 0.1) is 0 Å². The first-order valence-electron chi connectivity index (χ1n) is 2.00. The maximum absolute atomic E-state index is 2.00. The molecule has 0 radical (unpaired) electrons. The molecule has 0 amide bonds. The van der Waals surface area contributed by atoms with Gasteiger partial charge in [-0.1, -0.05) is 36.4 Å². The maximum atomic E-state index is 2.00. The summed E-state index contributed by atoms with van der Waals surface area (Å²) in [6, 6.07) is 12.0. The van der Waals surface area contributed by atoms with Crippen molar-refractivity contribution in [1.29, 1.82) is 0 Å². The minimum Gasteiger partial charge on any atom is -0.0623 e. The van der Waals surface area contributed by atoms with Crippen molar-refractivity contribution in [2.24, 2.45) is 0 Å². The molecule has 0 bridgehead atoms. The molecule has 1 rings (SSSR count). The molecule has 0 spiro atoms. The Morgan fingerprint density at radius 1 is 0.429 bits per heavy atom. The Morgan fingerprint density at radius 3 is 0.714 bits per heavy atom. The predicted octanol–water partition coefficient (Wildman–Crippen LogP) is 1.68. The zero-order valence-electron chi connectivity index (χ0n) is 4.17. The van der Waals surface area contributed by atoms with Gasteiger partial charge >= 0.3 is 0 Å². The molecule has 0 saturated heterocycles. The fourth-order valence-electron chi connectivity index (χ4n) is 0.385. The van der Waals surface area contributed by atoms with E-state index in [1.807, 2.05) is 36.4 Å². The second kappa shape index (κ2) is 4.01. The van der Waals surface area contributed by atoms with Crippen LogP contribution in [0.3, 0.4) is 0 Å². The Hall–Kier alpha value is -0.157. The summed E-state index contributed by atoms with van der Waals surface area (Å²) in [6.07, 6.45) is 0. The standard InChI is InChI=1S/C6H6.Zn/c1-2-4-6-5-3-1;/h1-6H;. The summed E-state index contributed by atoms with van der Waals surface area (Å²) in [6.45, 7) is 0. The molecule has 0 N–H and O–H groups in total. The van der Waals surface area contributed by atoms with E-state index in [2.05, 4.69) is 0 Å². The van der Waals surface area contributed by atoms with Crippen molar-refractivity contribution in [1.82, 2.24) is 0 Å². The van der Waals surface area contributed by atoms with E-state index in [0.717, 1.165) is 0 Å². The van der Waals surface area contributed by atoms with Gasteiger partial charge in [-0.05, 0) is 0 Å². The average molecular weight is 144 g/mol. The minimum absolute atomic E-state index is 0. The van der Waals surface area contributed by atoms with E-state index in [-0.39, 0.29) is 19.5 Å². The summed E-state index contributed by atoms with van der Waals surface area (Å²) in [5.74, 6) is 0. The topological polar surface area (TPSA) is 0 Å². The van der Waals surface area contributed by atoms with Crippen LogP contribution in [0.5, 0.6) is 0 Å². The van der Waals surface area contributed by atoms with Crippen molar-refractivity contribution in [3.63, 3.8) is 0 Å². The molecule has 7 heavy (non-hydrogen) atoms. The van der Waals surface area contributed by atoms with Crippen LogP contribution in [-0.2, 0) is 19.5 Å². The first kappa shape index (κ1) is 6.84. The molecule has 0 aliphatic carbocycles. The van der Waals surface area contributed by atoms with Crippen LogP contribution in [-0.4, -0.2) is 0 Å². The fourth-order valence-corrected chi connectivity index (χ4v) is 0.385. The zero-order valence-corrected chi connectivity index (χ0v) is 7.14. The van der Waals surface area contributed by atoms with E-state index in [1.54, 1.807) is 0 Å². The summed E-state index contributed by atoms with van der Waals surface area (Å²) >= 11 is 0. The SMILES string of the molecule is [Zn].c1ccccc1. The van der Waals surface area contributed by atoms with Gasteiger partial charge in [-0.15, -0.1) is 0 Å². The maximum Gasteiger partial charge on any atom is 0 e. The van der Waals surface area contributed by atoms with Gasteiger partial charge in [0, 0.05) is 19.5 Å². The monoisotopic (exact) mass is 142 g/mol. The van der Waals surface area contributed by atoms with Gasteiger partial charge in [-0.3, -0.25) is 0 Å². The summed E-state index contributed by atoms with van der Waals surface area (Å²) in [7, 11) is 0. The van der Waals surface area contributed by atoms with Crippen LogP contribution in [0.25, 0.3) is 0 Å². The van der Waals surface area contributed by atoms with Crippen LogP contribution in [0.2, 0.25) is 0 Å². The molecule has 0 fully saturated rings. The predicted molar refractivity (Wildman–Crippen MR) is 26.4 cm³/mol. The normalized spacial score (nSPS) is 6.86. The Balaban J connectivity index is 0.000000360. The van der Waals surface area contributed by atoms with Crippen LogP contribution in [0.15, 0.2) is 36.4 Å². The van der Waals surface area contributed by atoms with Gasteiger partial charge in [0.25, 0.3) is 0 Å². The van der Waals surface area contributed by atoms with Gasteiger partial charge in [0.05, 0.1) is 0 Å². The van der Waals surface area contributed by atoms with E-state index in [0.29, 0.717) is 0 Å². The first-order valence-corrected chi connectivity index (χ1v) is 2.00. The van der Waals surface area contributed by atoms with E-state index < -0.39 is 0 Å². The van der Waals surface area contributed by atoms with Crippen LogP contribution < -0.4 is 0 Å².